The first-order chi connectivity index (χ1) is 9.13. The van der Waals surface area contributed by atoms with Gasteiger partial charge in [0.05, 0.1) is 11.7 Å². The summed E-state index contributed by atoms with van der Waals surface area (Å²) in [6.07, 6.45) is 1.89. The van der Waals surface area contributed by atoms with Gasteiger partial charge in [-0.1, -0.05) is 22.0 Å². The molecule has 2 aromatic carbocycles. The Kier molecular flexibility index (Phi) is 3.27. The van der Waals surface area contributed by atoms with Crippen LogP contribution in [0.4, 0.5) is 14.5 Å². The second-order valence-electron chi connectivity index (χ2n) is 4.70. The van der Waals surface area contributed by atoms with Crippen LogP contribution in [0.1, 0.15) is 23.6 Å². The van der Waals surface area contributed by atoms with Gasteiger partial charge in [-0.05, 0) is 48.2 Å². The second kappa shape index (κ2) is 4.93. The Morgan fingerprint density at radius 2 is 1.95 bits per heavy atom. The van der Waals surface area contributed by atoms with Crippen LogP contribution in [0.25, 0.3) is 0 Å². The van der Waals surface area contributed by atoms with E-state index in [2.05, 4.69) is 27.3 Å². The molecule has 0 amide bonds. The van der Waals surface area contributed by atoms with Crippen molar-refractivity contribution in [2.45, 2.75) is 18.9 Å². The van der Waals surface area contributed by atoms with Crippen molar-refractivity contribution in [3.05, 3.63) is 63.6 Å². The van der Waals surface area contributed by atoms with Crippen LogP contribution in [0.3, 0.4) is 0 Å². The molecule has 2 aromatic rings. The molecule has 4 heteroatoms. The van der Waals surface area contributed by atoms with Gasteiger partial charge in [0.1, 0.15) is 11.6 Å². The summed E-state index contributed by atoms with van der Waals surface area (Å²) in [4.78, 5) is 0. The minimum absolute atomic E-state index is 0.0862. The molecule has 0 radical (unpaired) electrons. The van der Waals surface area contributed by atoms with Gasteiger partial charge in [-0.3, -0.25) is 0 Å². The molecular weight excluding hydrogens is 312 g/mol. The van der Waals surface area contributed by atoms with E-state index in [-0.39, 0.29) is 6.04 Å². The van der Waals surface area contributed by atoms with Gasteiger partial charge in [0.2, 0.25) is 0 Å². The standard InChI is InChI=1S/C15H12BrF2N/c16-10-2-4-12-9(7-10)1-5-14(12)19-15-6-3-11(17)8-13(15)18/h2-4,6-8,14,19H,1,5H2. The Bertz CT molecular complexity index is 628. The van der Waals surface area contributed by atoms with Crippen molar-refractivity contribution in [2.24, 2.45) is 0 Å². The Hall–Kier alpha value is -1.42. The second-order valence-corrected chi connectivity index (χ2v) is 5.62. The summed E-state index contributed by atoms with van der Waals surface area (Å²) in [6.45, 7) is 0. The molecule has 0 spiro atoms. The number of aryl methyl sites for hydroxylation is 1. The Morgan fingerprint density at radius 1 is 1.11 bits per heavy atom. The molecule has 0 heterocycles. The number of fused-ring (bicyclic) bond motifs is 1. The summed E-state index contributed by atoms with van der Waals surface area (Å²) in [6, 6.07) is 9.83. The van der Waals surface area contributed by atoms with Gasteiger partial charge in [-0.2, -0.15) is 0 Å². The highest BCUT2D eigenvalue weighted by molar-refractivity contribution is 9.10. The third-order valence-corrected chi connectivity index (χ3v) is 3.94. The lowest BCUT2D eigenvalue weighted by molar-refractivity contribution is 0.582. The quantitative estimate of drug-likeness (QED) is 0.834. The SMILES string of the molecule is Fc1ccc(NC2CCc3cc(Br)ccc32)c(F)c1. The molecule has 0 fully saturated rings. The molecule has 0 saturated carbocycles. The van der Waals surface area contributed by atoms with Crippen LogP contribution in [-0.2, 0) is 6.42 Å². The number of anilines is 1. The van der Waals surface area contributed by atoms with Crippen molar-refractivity contribution in [3.63, 3.8) is 0 Å². The number of benzene rings is 2. The molecule has 0 saturated heterocycles. The number of hydrogen-bond acceptors (Lipinski definition) is 1. The van der Waals surface area contributed by atoms with E-state index in [9.17, 15) is 8.78 Å². The van der Waals surface area contributed by atoms with Gasteiger partial charge >= 0.3 is 0 Å². The molecule has 0 bridgehead atoms. The highest BCUT2D eigenvalue weighted by Crippen LogP contribution is 2.35. The fourth-order valence-electron chi connectivity index (χ4n) is 2.53. The highest BCUT2D eigenvalue weighted by Gasteiger charge is 2.23. The van der Waals surface area contributed by atoms with Gasteiger partial charge in [-0.15, -0.1) is 0 Å². The summed E-state index contributed by atoms with van der Waals surface area (Å²) in [5.41, 5.74) is 2.81. The molecule has 1 N–H and O–H groups in total. The van der Waals surface area contributed by atoms with E-state index in [0.717, 1.165) is 23.4 Å². The van der Waals surface area contributed by atoms with E-state index >= 15 is 0 Å². The fraction of sp³-hybridized carbons (Fsp3) is 0.200. The number of hydrogen-bond donors (Lipinski definition) is 1. The van der Waals surface area contributed by atoms with Gasteiger partial charge in [0.25, 0.3) is 0 Å². The third kappa shape index (κ3) is 2.50. The van der Waals surface area contributed by atoms with E-state index in [1.165, 1.54) is 23.3 Å². The van der Waals surface area contributed by atoms with E-state index < -0.39 is 11.6 Å². The average Bonchev–Trinajstić information content (AvgIpc) is 2.75. The van der Waals surface area contributed by atoms with E-state index in [1.807, 2.05) is 12.1 Å². The lowest BCUT2D eigenvalue weighted by Gasteiger charge is -2.16. The van der Waals surface area contributed by atoms with Crippen molar-refractivity contribution in [1.29, 1.82) is 0 Å². The predicted molar refractivity (Wildman–Crippen MR) is 75.2 cm³/mol. The van der Waals surface area contributed by atoms with Crippen molar-refractivity contribution in [3.8, 4) is 0 Å². The van der Waals surface area contributed by atoms with Crippen LogP contribution in [0.15, 0.2) is 40.9 Å². The summed E-state index contributed by atoms with van der Waals surface area (Å²) < 4.78 is 27.6. The Balaban J connectivity index is 1.86. The molecule has 98 valence electrons. The summed E-state index contributed by atoms with van der Waals surface area (Å²) in [5.74, 6) is -1.11. The van der Waals surface area contributed by atoms with E-state index in [4.69, 9.17) is 0 Å². The van der Waals surface area contributed by atoms with Gasteiger partial charge < -0.3 is 5.32 Å². The van der Waals surface area contributed by atoms with Crippen molar-refractivity contribution >= 4 is 21.6 Å². The van der Waals surface area contributed by atoms with Crippen molar-refractivity contribution in [2.75, 3.05) is 5.32 Å². The molecule has 3 rings (SSSR count). The minimum Gasteiger partial charge on any atom is -0.376 e. The Morgan fingerprint density at radius 3 is 2.74 bits per heavy atom. The third-order valence-electron chi connectivity index (χ3n) is 3.44. The molecule has 1 aliphatic rings. The van der Waals surface area contributed by atoms with Crippen LogP contribution in [0, 0.1) is 11.6 Å². The summed E-state index contributed by atoms with van der Waals surface area (Å²) in [7, 11) is 0. The maximum absolute atomic E-state index is 13.6. The Labute approximate surface area is 118 Å². The van der Waals surface area contributed by atoms with E-state index in [1.54, 1.807) is 0 Å². The zero-order chi connectivity index (χ0) is 13.4. The van der Waals surface area contributed by atoms with Crippen LogP contribution < -0.4 is 5.32 Å². The largest absolute Gasteiger partial charge is 0.376 e. The summed E-state index contributed by atoms with van der Waals surface area (Å²) >= 11 is 3.45. The summed E-state index contributed by atoms with van der Waals surface area (Å²) in [5, 5.41) is 3.16. The van der Waals surface area contributed by atoms with E-state index in [0.29, 0.717) is 5.69 Å². The molecule has 19 heavy (non-hydrogen) atoms. The van der Waals surface area contributed by atoms with Gasteiger partial charge in [0.15, 0.2) is 0 Å². The maximum Gasteiger partial charge on any atom is 0.149 e. The van der Waals surface area contributed by atoms with Gasteiger partial charge in [-0.25, -0.2) is 8.78 Å². The zero-order valence-corrected chi connectivity index (χ0v) is 11.7. The average molecular weight is 324 g/mol. The fourth-order valence-corrected chi connectivity index (χ4v) is 2.94. The lowest BCUT2D eigenvalue weighted by Crippen LogP contribution is -2.08. The van der Waals surface area contributed by atoms with Crippen LogP contribution >= 0.6 is 15.9 Å². The first-order valence-corrected chi connectivity index (χ1v) is 6.93. The molecule has 1 atom stereocenters. The number of nitrogens with one attached hydrogen (secondary N) is 1. The monoisotopic (exact) mass is 323 g/mol. The zero-order valence-electron chi connectivity index (χ0n) is 10.1. The maximum atomic E-state index is 13.6. The smallest absolute Gasteiger partial charge is 0.149 e. The molecule has 1 unspecified atom stereocenters. The van der Waals surface area contributed by atoms with Crippen LogP contribution in [0.2, 0.25) is 0 Å². The first-order valence-electron chi connectivity index (χ1n) is 6.13. The molecule has 0 aromatic heterocycles. The molecule has 1 aliphatic carbocycles. The predicted octanol–water partition coefficient (Wildman–Crippen LogP) is 4.83. The number of halogens is 3. The van der Waals surface area contributed by atoms with Crippen molar-refractivity contribution in [1.82, 2.24) is 0 Å². The number of rotatable bonds is 2. The lowest BCUT2D eigenvalue weighted by atomic mass is 10.1. The topological polar surface area (TPSA) is 12.0 Å². The first kappa shape index (κ1) is 12.6. The molecular formula is C15H12BrF2N. The molecule has 0 aliphatic heterocycles. The molecule has 1 nitrogen and oxygen atoms in total. The minimum atomic E-state index is -0.557. The normalized spacial score (nSPS) is 17.3. The van der Waals surface area contributed by atoms with Gasteiger partial charge in [0, 0.05) is 10.5 Å². The highest BCUT2D eigenvalue weighted by atomic mass is 79.9. The van der Waals surface area contributed by atoms with Crippen LogP contribution in [0.5, 0.6) is 0 Å². The van der Waals surface area contributed by atoms with Crippen molar-refractivity contribution < 1.29 is 8.78 Å². The van der Waals surface area contributed by atoms with Crippen LogP contribution in [-0.4, -0.2) is 0 Å².